The Morgan fingerprint density at radius 1 is 1.20 bits per heavy atom. The molecule has 1 aliphatic heterocycles. The van der Waals surface area contributed by atoms with Gasteiger partial charge in [0.25, 0.3) is 10.1 Å². The van der Waals surface area contributed by atoms with Gasteiger partial charge in [0.15, 0.2) is 0 Å². The number of aromatic nitrogens is 1. The number of rotatable bonds is 6. The number of nitrogens with two attached hydrogens (primary N) is 1. The molecule has 1 saturated heterocycles. The Bertz CT molecular complexity index is 1190. The van der Waals surface area contributed by atoms with E-state index < -0.39 is 10.1 Å². The summed E-state index contributed by atoms with van der Waals surface area (Å²) >= 11 is 0. The zero-order valence-electron chi connectivity index (χ0n) is 15.9. The van der Waals surface area contributed by atoms with Crippen LogP contribution in [0, 0.1) is 0 Å². The molecule has 0 radical (unpaired) electrons. The van der Waals surface area contributed by atoms with E-state index in [0.29, 0.717) is 28.9 Å². The fourth-order valence-corrected chi connectivity index (χ4v) is 3.95. The summed E-state index contributed by atoms with van der Waals surface area (Å²) in [5.74, 6) is 0.448. The van der Waals surface area contributed by atoms with Gasteiger partial charge in [-0.15, -0.1) is 10.2 Å². The summed E-state index contributed by atoms with van der Waals surface area (Å²) in [6.45, 7) is 1.21. The standard InChI is InChI=1S/C20H20N4O5S/c21-20-16-6-2-1-5-15(16)18(30(25,26)27)10-17(20)24-23-13-7-8-19(22-11-13)29-12-14-4-3-9-28-14/h1-2,5-8,10-11,14H,3-4,9,12,21H2,(H,25,26,27). The molecule has 4 rings (SSSR count). The maximum absolute atomic E-state index is 11.8. The molecule has 3 N–H and O–H groups in total. The first-order valence-corrected chi connectivity index (χ1v) is 10.8. The number of hydrogen-bond acceptors (Lipinski definition) is 8. The third-order valence-corrected chi connectivity index (χ3v) is 5.63. The second-order valence-electron chi connectivity index (χ2n) is 6.83. The Balaban J connectivity index is 1.57. The minimum absolute atomic E-state index is 0.0963. The largest absolute Gasteiger partial charge is 0.475 e. The molecule has 9 nitrogen and oxygen atoms in total. The van der Waals surface area contributed by atoms with Crippen LogP contribution >= 0.6 is 0 Å². The van der Waals surface area contributed by atoms with E-state index in [4.69, 9.17) is 15.2 Å². The van der Waals surface area contributed by atoms with Crippen LogP contribution in [0.1, 0.15) is 12.8 Å². The van der Waals surface area contributed by atoms with Crippen molar-refractivity contribution in [2.24, 2.45) is 10.2 Å². The van der Waals surface area contributed by atoms with Gasteiger partial charge in [0, 0.05) is 23.4 Å². The number of hydrogen-bond donors (Lipinski definition) is 2. The third kappa shape index (κ3) is 4.40. The SMILES string of the molecule is Nc1c(N=Nc2ccc(OCC3CCCO3)nc2)cc(S(=O)(=O)O)c2ccccc12. The van der Waals surface area contributed by atoms with Gasteiger partial charge in [-0.2, -0.15) is 8.42 Å². The molecule has 1 fully saturated rings. The lowest BCUT2D eigenvalue weighted by Crippen LogP contribution is -2.16. The van der Waals surface area contributed by atoms with Gasteiger partial charge in [0.1, 0.15) is 22.9 Å². The molecular weight excluding hydrogens is 408 g/mol. The first kappa shape index (κ1) is 20.2. The number of azo groups is 1. The Labute approximate surface area is 173 Å². The van der Waals surface area contributed by atoms with Crippen LogP contribution in [-0.2, 0) is 14.9 Å². The van der Waals surface area contributed by atoms with Crippen LogP contribution in [0.2, 0.25) is 0 Å². The van der Waals surface area contributed by atoms with Crippen LogP contribution < -0.4 is 10.5 Å². The lowest BCUT2D eigenvalue weighted by Gasteiger charge is -2.10. The van der Waals surface area contributed by atoms with Crippen molar-refractivity contribution in [3.63, 3.8) is 0 Å². The molecule has 0 amide bonds. The van der Waals surface area contributed by atoms with Crippen LogP contribution in [0.25, 0.3) is 10.8 Å². The van der Waals surface area contributed by atoms with Gasteiger partial charge in [0.05, 0.1) is 18.0 Å². The summed E-state index contributed by atoms with van der Waals surface area (Å²) in [5, 5.41) is 8.90. The second kappa shape index (κ2) is 8.34. The van der Waals surface area contributed by atoms with Crippen LogP contribution in [0.3, 0.4) is 0 Å². The number of anilines is 1. The Hall–Kier alpha value is -3.08. The van der Waals surface area contributed by atoms with Crippen molar-refractivity contribution >= 4 is 38.0 Å². The molecular formula is C20H20N4O5S. The van der Waals surface area contributed by atoms with E-state index in [9.17, 15) is 13.0 Å². The number of fused-ring (bicyclic) bond motifs is 1. The van der Waals surface area contributed by atoms with Crippen molar-refractivity contribution in [1.29, 1.82) is 0 Å². The van der Waals surface area contributed by atoms with Crippen molar-refractivity contribution in [2.75, 3.05) is 18.9 Å². The molecule has 1 aromatic heterocycles. The van der Waals surface area contributed by atoms with Crippen LogP contribution in [0.15, 0.2) is 63.8 Å². The molecule has 30 heavy (non-hydrogen) atoms. The molecule has 1 unspecified atom stereocenters. The highest BCUT2D eigenvalue weighted by atomic mass is 32.2. The van der Waals surface area contributed by atoms with E-state index in [1.165, 1.54) is 12.3 Å². The van der Waals surface area contributed by atoms with Gasteiger partial charge >= 0.3 is 0 Å². The normalized spacial score (nSPS) is 17.0. The van der Waals surface area contributed by atoms with Crippen molar-refractivity contribution < 1.29 is 22.4 Å². The maximum atomic E-state index is 11.8. The highest BCUT2D eigenvalue weighted by molar-refractivity contribution is 7.86. The summed E-state index contributed by atoms with van der Waals surface area (Å²) in [6, 6.07) is 11.1. The quantitative estimate of drug-likeness (QED) is 0.343. The van der Waals surface area contributed by atoms with E-state index >= 15 is 0 Å². The topological polar surface area (TPSA) is 136 Å². The van der Waals surface area contributed by atoms with Gasteiger partial charge in [-0.25, -0.2) is 4.98 Å². The molecule has 0 saturated carbocycles. The summed E-state index contributed by atoms with van der Waals surface area (Å²) in [7, 11) is -4.47. The fraction of sp³-hybridized carbons (Fsp3) is 0.250. The molecule has 3 aromatic rings. The zero-order valence-corrected chi connectivity index (χ0v) is 16.7. The van der Waals surface area contributed by atoms with E-state index in [1.54, 1.807) is 36.4 Å². The first-order chi connectivity index (χ1) is 14.4. The monoisotopic (exact) mass is 428 g/mol. The summed E-state index contributed by atoms with van der Waals surface area (Å²) < 4.78 is 44.3. The van der Waals surface area contributed by atoms with Crippen LogP contribution in [0.5, 0.6) is 5.88 Å². The lowest BCUT2D eigenvalue weighted by atomic mass is 10.1. The molecule has 0 spiro atoms. The average Bonchev–Trinajstić information content (AvgIpc) is 3.25. The summed E-state index contributed by atoms with van der Waals surface area (Å²) in [4.78, 5) is 3.90. The molecule has 0 aliphatic carbocycles. The van der Waals surface area contributed by atoms with Crippen molar-refractivity contribution in [3.8, 4) is 5.88 Å². The number of benzene rings is 2. The van der Waals surface area contributed by atoms with Gasteiger partial charge in [0.2, 0.25) is 5.88 Å². The van der Waals surface area contributed by atoms with Gasteiger partial charge in [-0.1, -0.05) is 24.3 Å². The van der Waals surface area contributed by atoms with Gasteiger partial charge in [-0.3, -0.25) is 4.55 Å². The minimum atomic E-state index is -4.47. The smallest absolute Gasteiger partial charge is 0.295 e. The number of pyridine rings is 1. The van der Waals surface area contributed by atoms with E-state index in [-0.39, 0.29) is 22.4 Å². The lowest BCUT2D eigenvalue weighted by molar-refractivity contribution is 0.0663. The molecule has 156 valence electrons. The Morgan fingerprint density at radius 2 is 2.00 bits per heavy atom. The van der Waals surface area contributed by atoms with E-state index in [1.807, 2.05) is 0 Å². The maximum Gasteiger partial charge on any atom is 0.295 e. The molecule has 0 bridgehead atoms. The molecule has 2 heterocycles. The molecule has 10 heteroatoms. The third-order valence-electron chi connectivity index (χ3n) is 4.74. The Kier molecular flexibility index (Phi) is 5.62. The second-order valence-corrected chi connectivity index (χ2v) is 8.22. The predicted molar refractivity (Wildman–Crippen MR) is 111 cm³/mol. The predicted octanol–water partition coefficient (Wildman–Crippen LogP) is 4.04. The molecule has 1 atom stereocenters. The minimum Gasteiger partial charge on any atom is -0.475 e. The van der Waals surface area contributed by atoms with Gasteiger partial charge in [-0.05, 0) is 25.0 Å². The summed E-state index contributed by atoms with van der Waals surface area (Å²) in [5.41, 5.74) is 6.95. The van der Waals surface area contributed by atoms with Crippen molar-refractivity contribution in [3.05, 3.63) is 48.7 Å². The molecule has 1 aliphatic rings. The van der Waals surface area contributed by atoms with Gasteiger partial charge < -0.3 is 15.2 Å². The zero-order chi connectivity index (χ0) is 21.1. The molecule has 2 aromatic carbocycles. The fourth-order valence-electron chi connectivity index (χ4n) is 3.23. The highest BCUT2D eigenvalue weighted by Gasteiger charge is 2.18. The van der Waals surface area contributed by atoms with Crippen LogP contribution in [0.4, 0.5) is 17.1 Å². The summed E-state index contributed by atoms with van der Waals surface area (Å²) in [6.07, 6.45) is 3.59. The number of nitrogen functional groups attached to an aromatic ring is 1. The van der Waals surface area contributed by atoms with E-state index in [0.717, 1.165) is 19.4 Å². The van der Waals surface area contributed by atoms with E-state index in [2.05, 4.69) is 15.2 Å². The Morgan fingerprint density at radius 3 is 2.67 bits per heavy atom. The highest BCUT2D eigenvalue weighted by Crippen LogP contribution is 2.36. The first-order valence-electron chi connectivity index (χ1n) is 9.33. The van der Waals surface area contributed by atoms with Crippen LogP contribution in [-0.4, -0.2) is 37.3 Å². The van der Waals surface area contributed by atoms with Crippen molar-refractivity contribution in [1.82, 2.24) is 4.98 Å². The number of nitrogens with zero attached hydrogens (tertiary/aromatic N) is 3. The number of ether oxygens (including phenoxy) is 2. The van der Waals surface area contributed by atoms with Crippen molar-refractivity contribution in [2.45, 2.75) is 23.8 Å². The average molecular weight is 428 g/mol.